The van der Waals surface area contributed by atoms with Crippen LogP contribution in [0.4, 0.5) is 10.1 Å². The quantitative estimate of drug-likeness (QED) is 0.534. The molecule has 0 saturated heterocycles. The number of halogens is 1. The van der Waals surface area contributed by atoms with Crippen LogP contribution in [0.15, 0.2) is 48.5 Å². The number of aromatic nitrogens is 3. The Kier molecular flexibility index (Phi) is 4.62. The molecule has 0 spiro atoms. The summed E-state index contributed by atoms with van der Waals surface area (Å²) in [4.78, 5) is 17.7. The molecule has 29 heavy (non-hydrogen) atoms. The summed E-state index contributed by atoms with van der Waals surface area (Å²) in [7, 11) is 0. The van der Waals surface area contributed by atoms with Crippen molar-refractivity contribution in [3.63, 3.8) is 0 Å². The summed E-state index contributed by atoms with van der Waals surface area (Å²) in [5.74, 6) is -0.535. The smallest absolute Gasteiger partial charge is 0.256 e. The molecule has 0 radical (unpaired) electrons. The highest BCUT2D eigenvalue weighted by Crippen LogP contribution is 2.26. The molecule has 5 nitrogen and oxygen atoms in total. The van der Waals surface area contributed by atoms with Crippen LogP contribution in [0.25, 0.3) is 16.7 Å². The Balaban J connectivity index is 1.82. The maximum absolute atomic E-state index is 13.3. The molecule has 0 unspecified atom stereocenters. The number of amides is 1. The minimum Gasteiger partial charge on any atom is -0.322 e. The van der Waals surface area contributed by atoms with Gasteiger partial charge in [0.05, 0.1) is 22.3 Å². The number of nitrogens with zero attached hydrogens (tertiary/aromatic N) is 3. The van der Waals surface area contributed by atoms with Gasteiger partial charge in [-0.2, -0.15) is 5.10 Å². The maximum Gasteiger partial charge on any atom is 0.256 e. The van der Waals surface area contributed by atoms with E-state index in [2.05, 4.69) is 21.5 Å². The topological polar surface area (TPSA) is 59.8 Å². The standard InChI is InChI=1S/C23H21FN4O/c1-13-9-14(2)11-18(10-13)26-23(29)20-12-15(3)25-22-21(20)16(4)27-28(22)19-7-5-17(24)6-8-19/h5-12H,1-4H3,(H,26,29). The van der Waals surface area contributed by atoms with Crippen LogP contribution in [-0.4, -0.2) is 20.7 Å². The number of benzene rings is 2. The fourth-order valence-corrected chi connectivity index (χ4v) is 3.60. The van der Waals surface area contributed by atoms with Gasteiger partial charge in [-0.3, -0.25) is 4.79 Å². The van der Waals surface area contributed by atoms with E-state index >= 15 is 0 Å². The second-order valence-corrected chi connectivity index (χ2v) is 7.31. The van der Waals surface area contributed by atoms with Crippen LogP contribution >= 0.6 is 0 Å². The molecule has 0 aliphatic rings. The summed E-state index contributed by atoms with van der Waals surface area (Å²) < 4.78 is 15.0. The highest BCUT2D eigenvalue weighted by atomic mass is 19.1. The van der Waals surface area contributed by atoms with Gasteiger partial charge in [0.15, 0.2) is 5.65 Å². The first-order valence-electron chi connectivity index (χ1n) is 9.34. The van der Waals surface area contributed by atoms with E-state index in [-0.39, 0.29) is 11.7 Å². The molecule has 0 aliphatic carbocycles. The number of pyridine rings is 1. The first-order valence-corrected chi connectivity index (χ1v) is 9.34. The second-order valence-electron chi connectivity index (χ2n) is 7.31. The predicted octanol–water partition coefficient (Wildman–Crippen LogP) is 5.05. The van der Waals surface area contributed by atoms with Gasteiger partial charge in [-0.1, -0.05) is 6.07 Å². The highest BCUT2D eigenvalue weighted by molar-refractivity contribution is 6.12. The fraction of sp³-hybridized carbons (Fsp3) is 0.174. The van der Waals surface area contributed by atoms with Crippen LogP contribution in [0.1, 0.15) is 32.9 Å². The number of aryl methyl sites for hydroxylation is 4. The number of nitrogens with one attached hydrogen (secondary N) is 1. The first-order chi connectivity index (χ1) is 13.8. The van der Waals surface area contributed by atoms with Crippen LogP contribution < -0.4 is 5.32 Å². The normalized spacial score (nSPS) is 11.1. The van der Waals surface area contributed by atoms with Gasteiger partial charge in [-0.25, -0.2) is 14.1 Å². The molecule has 1 N–H and O–H groups in total. The van der Waals surface area contributed by atoms with Crippen molar-refractivity contribution in [3.05, 3.63) is 82.4 Å². The minimum atomic E-state index is -0.320. The van der Waals surface area contributed by atoms with Crippen LogP contribution in [0.2, 0.25) is 0 Å². The Bertz CT molecular complexity index is 1220. The molecule has 4 rings (SSSR count). The fourth-order valence-electron chi connectivity index (χ4n) is 3.60. The molecule has 0 fully saturated rings. The van der Waals surface area contributed by atoms with E-state index in [9.17, 15) is 9.18 Å². The Morgan fingerprint density at radius 1 is 0.966 bits per heavy atom. The van der Waals surface area contributed by atoms with Crippen molar-refractivity contribution in [2.75, 3.05) is 5.32 Å². The van der Waals surface area contributed by atoms with Crippen molar-refractivity contribution in [2.45, 2.75) is 27.7 Å². The zero-order valence-electron chi connectivity index (χ0n) is 16.7. The van der Waals surface area contributed by atoms with Gasteiger partial charge in [0.2, 0.25) is 0 Å². The summed E-state index contributed by atoms with van der Waals surface area (Å²) >= 11 is 0. The van der Waals surface area contributed by atoms with E-state index in [1.165, 1.54) is 12.1 Å². The van der Waals surface area contributed by atoms with Gasteiger partial charge >= 0.3 is 0 Å². The Morgan fingerprint density at radius 3 is 2.28 bits per heavy atom. The molecule has 0 atom stereocenters. The summed E-state index contributed by atoms with van der Waals surface area (Å²) in [6.07, 6.45) is 0. The number of hydrogen-bond donors (Lipinski definition) is 1. The third kappa shape index (κ3) is 3.61. The van der Waals surface area contributed by atoms with Gasteiger partial charge in [-0.05, 0) is 81.3 Å². The monoisotopic (exact) mass is 388 g/mol. The minimum absolute atomic E-state index is 0.216. The van der Waals surface area contributed by atoms with E-state index in [0.717, 1.165) is 16.8 Å². The van der Waals surface area contributed by atoms with Crippen LogP contribution in [0.3, 0.4) is 0 Å². The largest absolute Gasteiger partial charge is 0.322 e. The van der Waals surface area contributed by atoms with Crippen LogP contribution in [-0.2, 0) is 0 Å². The lowest BCUT2D eigenvalue weighted by atomic mass is 10.1. The molecule has 2 heterocycles. The van der Waals surface area contributed by atoms with E-state index < -0.39 is 0 Å². The molecule has 2 aromatic carbocycles. The third-order valence-electron chi connectivity index (χ3n) is 4.74. The van der Waals surface area contributed by atoms with Crippen molar-refractivity contribution < 1.29 is 9.18 Å². The second kappa shape index (κ2) is 7.13. The highest BCUT2D eigenvalue weighted by Gasteiger charge is 2.20. The maximum atomic E-state index is 13.3. The van der Waals surface area contributed by atoms with Crippen molar-refractivity contribution in [1.82, 2.24) is 14.8 Å². The lowest BCUT2D eigenvalue weighted by Crippen LogP contribution is -2.13. The number of carbonyl (C=O) groups is 1. The van der Waals surface area contributed by atoms with Crippen LogP contribution in [0, 0.1) is 33.5 Å². The van der Waals surface area contributed by atoms with Crippen molar-refractivity contribution in [1.29, 1.82) is 0 Å². The van der Waals surface area contributed by atoms with E-state index in [0.29, 0.717) is 33.7 Å². The lowest BCUT2D eigenvalue weighted by molar-refractivity contribution is 0.102. The van der Waals surface area contributed by atoms with E-state index in [1.807, 2.05) is 39.8 Å². The predicted molar refractivity (Wildman–Crippen MR) is 112 cm³/mol. The lowest BCUT2D eigenvalue weighted by Gasteiger charge is -2.10. The Hall–Kier alpha value is -3.54. The van der Waals surface area contributed by atoms with Gasteiger partial charge in [0.1, 0.15) is 5.82 Å². The first kappa shape index (κ1) is 18.8. The molecule has 2 aromatic heterocycles. The van der Waals surface area contributed by atoms with Crippen LogP contribution in [0.5, 0.6) is 0 Å². The zero-order chi connectivity index (χ0) is 20.7. The molecule has 0 bridgehead atoms. The zero-order valence-corrected chi connectivity index (χ0v) is 16.7. The average molecular weight is 388 g/mol. The number of fused-ring (bicyclic) bond motifs is 1. The summed E-state index contributed by atoms with van der Waals surface area (Å²) in [5.41, 5.74) is 6.06. The molecule has 6 heteroatoms. The molecule has 1 amide bonds. The molecule has 4 aromatic rings. The summed E-state index contributed by atoms with van der Waals surface area (Å²) in [6, 6.07) is 13.7. The Morgan fingerprint density at radius 2 is 1.62 bits per heavy atom. The van der Waals surface area contributed by atoms with Crippen molar-refractivity contribution in [3.8, 4) is 5.69 Å². The molecule has 0 saturated carbocycles. The summed E-state index contributed by atoms with van der Waals surface area (Å²) in [6.45, 7) is 7.67. The van der Waals surface area contributed by atoms with E-state index in [4.69, 9.17) is 0 Å². The van der Waals surface area contributed by atoms with Crippen molar-refractivity contribution >= 4 is 22.6 Å². The number of anilines is 1. The third-order valence-corrected chi connectivity index (χ3v) is 4.74. The summed E-state index contributed by atoms with van der Waals surface area (Å²) in [5, 5.41) is 8.23. The van der Waals surface area contributed by atoms with Gasteiger partial charge < -0.3 is 5.32 Å². The van der Waals surface area contributed by atoms with Gasteiger partial charge in [0, 0.05) is 11.4 Å². The number of hydrogen-bond acceptors (Lipinski definition) is 3. The number of carbonyl (C=O) groups excluding carboxylic acids is 1. The van der Waals surface area contributed by atoms with Gasteiger partial charge in [0.25, 0.3) is 5.91 Å². The SMILES string of the molecule is Cc1cc(C)cc(NC(=O)c2cc(C)nc3c2c(C)nn3-c2ccc(F)cc2)c1. The van der Waals surface area contributed by atoms with E-state index in [1.54, 1.807) is 22.9 Å². The molecule has 0 aliphatic heterocycles. The Labute approximate surface area is 168 Å². The number of rotatable bonds is 3. The average Bonchev–Trinajstić information content (AvgIpc) is 2.97. The molecule has 146 valence electrons. The van der Waals surface area contributed by atoms with Gasteiger partial charge in [-0.15, -0.1) is 0 Å². The van der Waals surface area contributed by atoms with Crippen molar-refractivity contribution in [2.24, 2.45) is 0 Å². The molecular weight excluding hydrogens is 367 g/mol. The molecular formula is C23H21FN4O.